The number of fused-ring (bicyclic) bond motifs is 3. The van der Waals surface area contributed by atoms with Gasteiger partial charge in [-0.25, -0.2) is 13.4 Å². The van der Waals surface area contributed by atoms with Crippen molar-refractivity contribution in [1.29, 1.82) is 0 Å². The van der Waals surface area contributed by atoms with Gasteiger partial charge in [0.1, 0.15) is 13.2 Å². The van der Waals surface area contributed by atoms with E-state index in [1.54, 1.807) is 12.1 Å². The molecule has 10 heteroatoms. The number of sulfonamides is 1. The molecular weight excluding hydrogens is 426 g/mol. The fraction of sp³-hybridized carbons (Fsp3) is 0.150. The minimum Gasteiger partial charge on any atom is -0.458 e. The summed E-state index contributed by atoms with van der Waals surface area (Å²) in [6.45, 7) is 1.09. The predicted molar refractivity (Wildman–Crippen MR) is 113 cm³/mol. The number of hydrogen-bond donors (Lipinski definition) is 1. The third-order valence-corrected chi connectivity index (χ3v) is 6.81. The SMILES string of the molecule is Cc1ccc(S(=O)(=O)NCC(=O)OCc2cc(=O)n3c(n2)sc2ccccc23)cc1. The van der Waals surface area contributed by atoms with E-state index in [2.05, 4.69) is 9.71 Å². The first-order chi connectivity index (χ1) is 14.3. The maximum Gasteiger partial charge on any atom is 0.321 e. The lowest BCUT2D eigenvalue weighted by atomic mass is 10.2. The molecule has 0 spiro atoms. The Morgan fingerprint density at radius 2 is 1.90 bits per heavy atom. The normalized spacial score (nSPS) is 11.8. The van der Waals surface area contributed by atoms with Gasteiger partial charge in [-0.2, -0.15) is 4.72 Å². The second-order valence-corrected chi connectivity index (χ2v) is 9.35. The van der Waals surface area contributed by atoms with E-state index in [0.29, 0.717) is 10.7 Å². The van der Waals surface area contributed by atoms with Crippen LogP contribution in [0.3, 0.4) is 0 Å². The Hall–Kier alpha value is -3.08. The molecule has 0 radical (unpaired) electrons. The third-order valence-electron chi connectivity index (χ3n) is 4.37. The molecule has 1 N–H and O–H groups in total. The molecule has 0 atom stereocenters. The first kappa shape index (κ1) is 20.2. The van der Waals surface area contributed by atoms with Crippen LogP contribution in [0.5, 0.6) is 0 Å². The summed E-state index contributed by atoms with van der Waals surface area (Å²) >= 11 is 1.36. The Morgan fingerprint density at radius 3 is 2.67 bits per heavy atom. The van der Waals surface area contributed by atoms with Crippen molar-refractivity contribution in [3.05, 3.63) is 76.2 Å². The summed E-state index contributed by atoms with van der Waals surface area (Å²) in [5, 5.41) is 0. The first-order valence-electron chi connectivity index (χ1n) is 8.96. The molecule has 30 heavy (non-hydrogen) atoms. The number of ether oxygens (including phenoxy) is 1. The molecule has 2 aromatic heterocycles. The number of nitrogens with one attached hydrogen (secondary N) is 1. The Kier molecular flexibility index (Phi) is 5.37. The quantitative estimate of drug-likeness (QED) is 0.458. The number of hydrogen-bond acceptors (Lipinski definition) is 7. The number of benzene rings is 2. The lowest BCUT2D eigenvalue weighted by Gasteiger charge is -2.08. The van der Waals surface area contributed by atoms with Crippen LogP contribution in [0, 0.1) is 6.92 Å². The Bertz CT molecular complexity index is 1410. The molecule has 0 saturated carbocycles. The van der Waals surface area contributed by atoms with E-state index >= 15 is 0 Å². The highest BCUT2D eigenvalue weighted by molar-refractivity contribution is 7.89. The highest BCUT2D eigenvalue weighted by Crippen LogP contribution is 2.23. The van der Waals surface area contributed by atoms with Crippen molar-refractivity contribution < 1.29 is 17.9 Å². The lowest BCUT2D eigenvalue weighted by molar-refractivity contribution is -0.143. The van der Waals surface area contributed by atoms with Gasteiger partial charge in [-0.15, -0.1) is 0 Å². The molecule has 0 aliphatic carbocycles. The van der Waals surface area contributed by atoms with Crippen molar-refractivity contribution in [1.82, 2.24) is 14.1 Å². The maximum absolute atomic E-state index is 12.5. The summed E-state index contributed by atoms with van der Waals surface area (Å²) in [6, 6.07) is 15.0. The van der Waals surface area contributed by atoms with Crippen LogP contribution in [0.2, 0.25) is 0 Å². The molecule has 0 amide bonds. The van der Waals surface area contributed by atoms with Crippen LogP contribution in [-0.4, -0.2) is 30.3 Å². The van der Waals surface area contributed by atoms with Gasteiger partial charge in [0.15, 0.2) is 4.96 Å². The number of carbonyl (C=O) groups is 1. The van der Waals surface area contributed by atoms with Crippen LogP contribution in [0.15, 0.2) is 64.3 Å². The van der Waals surface area contributed by atoms with Gasteiger partial charge in [0.2, 0.25) is 10.0 Å². The van der Waals surface area contributed by atoms with E-state index in [9.17, 15) is 18.0 Å². The van der Waals surface area contributed by atoms with Crippen molar-refractivity contribution in [3.63, 3.8) is 0 Å². The van der Waals surface area contributed by atoms with Crippen LogP contribution >= 0.6 is 11.3 Å². The number of thiazole rings is 1. The number of nitrogens with zero attached hydrogens (tertiary/aromatic N) is 2. The van der Waals surface area contributed by atoms with Crippen molar-refractivity contribution >= 4 is 42.5 Å². The number of aromatic nitrogens is 2. The van der Waals surface area contributed by atoms with E-state index < -0.39 is 22.5 Å². The third kappa shape index (κ3) is 4.11. The average Bonchev–Trinajstić information content (AvgIpc) is 3.10. The summed E-state index contributed by atoms with van der Waals surface area (Å²) in [4.78, 5) is 29.4. The van der Waals surface area contributed by atoms with Crippen LogP contribution in [0.1, 0.15) is 11.3 Å². The van der Waals surface area contributed by atoms with Crippen molar-refractivity contribution in [2.45, 2.75) is 18.4 Å². The second-order valence-electron chi connectivity index (χ2n) is 6.57. The van der Waals surface area contributed by atoms with Gasteiger partial charge in [-0.05, 0) is 31.2 Å². The molecule has 4 rings (SSSR count). The molecule has 2 aromatic carbocycles. The molecule has 4 aromatic rings. The molecule has 0 aliphatic rings. The van der Waals surface area contributed by atoms with E-state index in [-0.39, 0.29) is 17.1 Å². The summed E-state index contributed by atoms with van der Waals surface area (Å²) in [5.41, 5.74) is 1.71. The smallest absolute Gasteiger partial charge is 0.321 e. The summed E-state index contributed by atoms with van der Waals surface area (Å²) in [6.07, 6.45) is 0. The van der Waals surface area contributed by atoms with Gasteiger partial charge in [0.25, 0.3) is 5.56 Å². The van der Waals surface area contributed by atoms with Crippen molar-refractivity contribution in [2.75, 3.05) is 6.54 Å². The van der Waals surface area contributed by atoms with E-state index in [1.165, 1.54) is 33.9 Å². The van der Waals surface area contributed by atoms with Gasteiger partial charge < -0.3 is 4.74 Å². The first-order valence-corrected chi connectivity index (χ1v) is 11.3. The lowest BCUT2D eigenvalue weighted by Crippen LogP contribution is -2.30. The molecule has 0 unspecified atom stereocenters. The number of aryl methyl sites for hydroxylation is 1. The molecule has 0 aliphatic heterocycles. The van der Waals surface area contributed by atoms with Crippen LogP contribution < -0.4 is 10.3 Å². The molecule has 154 valence electrons. The number of para-hydroxylation sites is 1. The highest BCUT2D eigenvalue weighted by atomic mass is 32.2. The fourth-order valence-electron chi connectivity index (χ4n) is 2.86. The fourth-order valence-corrected chi connectivity index (χ4v) is 4.88. The monoisotopic (exact) mass is 443 g/mol. The Balaban J connectivity index is 1.42. The van der Waals surface area contributed by atoms with Crippen LogP contribution in [0.25, 0.3) is 15.2 Å². The largest absolute Gasteiger partial charge is 0.458 e. The highest BCUT2D eigenvalue weighted by Gasteiger charge is 2.16. The van der Waals surface area contributed by atoms with Gasteiger partial charge in [-0.3, -0.25) is 14.0 Å². The van der Waals surface area contributed by atoms with E-state index in [1.807, 2.05) is 31.2 Å². The summed E-state index contributed by atoms with van der Waals surface area (Å²) in [7, 11) is -3.82. The number of carbonyl (C=O) groups excluding carboxylic acids is 1. The molecule has 8 nitrogen and oxygen atoms in total. The second kappa shape index (κ2) is 7.98. The standard InChI is InChI=1S/C20H17N3O5S2/c1-13-6-8-15(9-7-13)30(26,27)21-11-19(25)28-12-14-10-18(24)23-16-4-2-3-5-17(16)29-20(23)22-14/h2-10,21H,11-12H2,1H3. The average molecular weight is 444 g/mol. The molecule has 0 bridgehead atoms. The van der Waals surface area contributed by atoms with Crippen molar-refractivity contribution in [2.24, 2.45) is 0 Å². The zero-order valence-electron chi connectivity index (χ0n) is 15.9. The molecular formula is C20H17N3O5S2. The Morgan fingerprint density at radius 1 is 1.17 bits per heavy atom. The summed E-state index contributed by atoms with van der Waals surface area (Å²) in [5.74, 6) is -0.774. The van der Waals surface area contributed by atoms with Crippen molar-refractivity contribution in [3.8, 4) is 0 Å². The van der Waals surface area contributed by atoms with Gasteiger partial charge in [0.05, 0.1) is 20.8 Å². The zero-order chi connectivity index (χ0) is 21.3. The number of esters is 1. The molecule has 0 fully saturated rings. The predicted octanol–water partition coefficient (Wildman–Crippen LogP) is 2.24. The minimum atomic E-state index is -3.82. The summed E-state index contributed by atoms with van der Waals surface area (Å²) < 4.78 is 34.2. The minimum absolute atomic E-state index is 0.0609. The topological polar surface area (TPSA) is 107 Å². The number of rotatable bonds is 6. The van der Waals surface area contributed by atoms with Gasteiger partial charge >= 0.3 is 5.97 Å². The Labute approximate surface area is 175 Å². The van der Waals surface area contributed by atoms with E-state index in [4.69, 9.17) is 4.74 Å². The van der Waals surface area contributed by atoms with E-state index in [0.717, 1.165) is 15.8 Å². The van der Waals surface area contributed by atoms with Gasteiger partial charge in [-0.1, -0.05) is 41.2 Å². The van der Waals surface area contributed by atoms with Gasteiger partial charge in [0, 0.05) is 6.07 Å². The van der Waals surface area contributed by atoms with Crippen LogP contribution in [-0.2, 0) is 26.2 Å². The zero-order valence-corrected chi connectivity index (χ0v) is 17.5. The van der Waals surface area contributed by atoms with Crippen LogP contribution in [0.4, 0.5) is 0 Å². The molecule has 0 saturated heterocycles. The molecule has 2 heterocycles. The maximum atomic E-state index is 12.5.